The smallest absolute Gasteiger partial charge is 0.254 e. The first kappa shape index (κ1) is 27.2. The van der Waals surface area contributed by atoms with E-state index in [2.05, 4.69) is 32.0 Å². The number of benzene rings is 1. The van der Waals surface area contributed by atoms with Gasteiger partial charge in [-0.1, -0.05) is 13.0 Å². The van der Waals surface area contributed by atoms with E-state index in [-0.39, 0.29) is 11.9 Å². The maximum atomic E-state index is 13.2. The van der Waals surface area contributed by atoms with Gasteiger partial charge in [0.15, 0.2) is 5.11 Å². The molecule has 0 saturated carbocycles. The van der Waals surface area contributed by atoms with Gasteiger partial charge >= 0.3 is 0 Å². The average Bonchev–Trinajstić information content (AvgIpc) is 3.46. The molecule has 0 atom stereocenters. The summed E-state index contributed by atoms with van der Waals surface area (Å²) in [4.78, 5) is 39.9. The highest BCUT2D eigenvalue weighted by molar-refractivity contribution is 7.80. The number of piperazine rings is 1. The number of hydrogen-bond acceptors (Lipinski definition) is 10. The van der Waals surface area contributed by atoms with Crippen molar-refractivity contribution in [1.82, 2.24) is 29.7 Å². The van der Waals surface area contributed by atoms with Crippen LogP contribution in [0.4, 0.5) is 23.4 Å². The Kier molecular flexibility index (Phi) is 7.90. The number of nitrogens with one attached hydrogen (secondary N) is 1. The Morgan fingerprint density at radius 1 is 1.05 bits per heavy atom. The molecule has 41 heavy (non-hydrogen) atoms. The second kappa shape index (κ2) is 11.9. The lowest BCUT2D eigenvalue weighted by Gasteiger charge is -2.34. The molecule has 2 fully saturated rings. The highest BCUT2D eigenvalue weighted by Crippen LogP contribution is 2.36. The summed E-state index contributed by atoms with van der Waals surface area (Å²) in [6.45, 7) is 9.71. The number of rotatable bonds is 5. The third-order valence-corrected chi connectivity index (χ3v) is 8.09. The minimum absolute atomic E-state index is 0.0418. The van der Waals surface area contributed by atoms with Crippen LogP contribution in [0.5, 0.6) is 0 Å². The highest BCUT2D eigenvalue weighted by atomic mass is 32.1. The lowest BCUT2D eigenvalue weighted by atomic mass is 10.1. The van der Waals surface area contributed by atoms with Crippen molar-refractivity contribution in [1.29, 1.82) is 0 Å². The first-order valence-electron chi connectivity index (χ1n) is 14.0. The molecule has 214 valence electrons. The minimum Gasteiger partial charge on any atom is -0.378 e. The van der Waals surface area contributed by atoms with Gasteiger partial charge in [-0.25, -0.2) is 15.0 Å². The predicted octanol–water partition coefficient (Wildman–Crippen LogP) is 1.89. The second-order valence-electron chi connectivity index (χ2n) is 10.2. The van der Waals surface area contributed by atoms with E-state index in [9.17, 15) is 4.79 Å². The molecule has 1 amide bonds. The number of aromatic nitrogens is 4. The third kappa shape index (κ3) is 5.78. The summed E-state index contributed by atoms with van der Waals surface area (Å²) in [5.74, 6) is 1.63. The number of hydrogen-bond donors (Lipinski definition) is 2. The molecule has 12 nitrogen and oxygen atoms in total. The molecule has 3 aliphatic rings. The number of fused-ring (bicyclic) bond motifs is 1. The Morgan fingerprint density at radius 3 is 2.54 bits per heavy atom. The maximum absolute atomic E-state index is 13.2. The molecule has 0 radical (unpaired) electrons. The summed E-state index contributed by atoms with van der Waals surface area (Å²) in [5, 5.41) is 3.86. The second-order valence-corrected chi connectivity index (χ2v) is 10.6. The fourth-order valence-corrected chi connectivity index (χ4v) is 5.71. The summed E-state index contributed by atoms with van der Waals surface area (Å²) in [5.41, 5.74) is 9.69. The lowest BCUT2D eigenvalue weighted by Crippen LogP contribution is -2.48. The fourth-order valence-electron chi connectivity index (χ4n) is 5.42. The van der Waals surface area contributed by atoms with Crippen LogP contribution in [-0.4, -0.2) is 106 Å². The van der Waals surface area contributed by atoms with Crippen LogP contribution < -0.4 is 20.9 Å². The Morgan fingerprint density at radius 2 is 1.80 bits per heavy atom. The van der Waals surface area contributed by atoms with E-state index in [1.165, 1.54) is 0 Å². The Balaban J connectivity index is 1.24. The first-order valence-corrected chi connectivity index (χ1v) is 14.4. The van der Waals surface area contributed by atoms with E-state index in [0.717, 1.165) is 61.0 Å². The standard InChI is InChI=1S/C28H34N10O2S/c1-2-35-8-10-36(11-9-35)25(39)19-4-3-5-21(16-19)32-28(41)38-7-6-22-23(20-17-30-26(29)31-18-20)33-27(34-24(22)38)37-12-14-40-15-13-37/h3-5,16-18H,2,6-15H2,1H3,(H,32,41)(H2,29,30,31). The van der Waals surface area contributed by atoms with Crippen LogP contribution in [0.2, 0.25) is 0 Å². The highest BCUT2D eigenvalue weighted by Gasteiger charge is 2.31. The molecule has 3 aliphatic heterocycles. The van der Waals surface area contributed by atoms with Crippen molar-refractivity contribution in [2.75, 3.05) is 86.4 Å². The number of ether oxygens (including phenoxy) is 1. The van der Waals surface area contributed by atoms with Gasteiger partial charge in [0.1, 0.15) is 5.82 Å². The average molecular weight is 575 g/mol. The van der Waals surface area contributed by atoms with Gasteiger partial charge in [0.05, 0.1) is 18.9 Å². The van der Waals surface area contributed by atoms with E-state index < -0.39 is 0 Å². The predicted molar refractivity (Wildman–Crippen MR) is 162 cm³/mol. The zero-order chi connectivity index (χ0) is 28.3. The van der Waals surface area contributed by atoms with Crippen LogP contribution in [0.3, 0.4) is 0 Å². The van der Waals surface area contributed by atoms with Gasteiger partial charge in [-0.2, -0.15) is 4.98 Å². The van der Waals surface area contributed by atoms with Crippen LogP contribution >= 0.6 is 12.2 Å². The zero-order valence-corrected chi connectivity index (χ0v) is 23.9. The molecule has 3 aromatic rings. The van der Waals surface area contributed by atoms with Gasteiger partial charge in [-0.15, -0.1) is 0 Å². The Hall–Kier alpha value is -3.94. The molecule has 5 heterocycles. The number of anilines is 4. The molecule has 0 aliphatic carbocycles. The SMILES string of the molecule is CCN1CCN(C(=O)c2cccc(NC(=S)N3CCc4c(-c5cnc(N)nc5)nc(N5CCOCC5)nc43)c2)CC1. The quantitative estimate of drug-likeness (QED) is 0.432. The van der Waals surface area contributed by atoms with Gasteiger partial charge in [-0.3, -0.25) is 4.79 Å². The van der Waals surface area contributed by atoms with Crippen LogP contribution in [0, 0.1) is 0 Å². The number of likely N-dealkylation sites (N-methyl/N-ethyl adjacent to an activating group) is 1. The molecule has 13 heteroatoms. The van der Waals surface area contributed by atoms with E-state index in [0.29, 0.717) is 55.9 Å². The Labute approximate surface area is 244 Å². The van der Waals surface area contributed by atoms with Crippen LogP contribution in [0.15, 0.2) is 36.7 Å². The molecule has 0 spiro atoms. The summed E-state index contributed by atoms with van der Waals surface area (Å²) in [6, 6.07) is 7.53. The number of amides is 1. The van der Waals surface area contributed by atoms with Gasteiger partial charge in [-0.05, 0) is 43.4 Å². The Bertz CT molecular complexity index is 1420. The van der Waals surface area contributed by atoms with Crippen LogP contribution in [-0.2, 0) is 11.2 Å². The molecule has 6 rings (SSSR count). The normalized spacial score (nSPS) is 17.4. The monoisotopic (exact) mass is 574 g/mol. The van der Waals surface area contributed by atoms with Gasteiger partial charge in [0.25, 0.3) is 5.91 Å². The van der Waals surface area contributed by atoms with Crippen molar-refractivity contribution in [3.8, 4) is 11.3 Å². The van der Waals surface area contributed by atoms with Crippen molar-refractivity contribution >= 4 is 46.6 Å². The molecule has 1 aromatic carbocycles. The van der Waals surface area contributed by atoms with E-state index in [4.69, 9.17) is 32.7 Å². The van der Waals surface area contributed by atoms with E-state index in [1.807, 2.05) is 34.1 Å². The number of morpholine rings is 1. The largest absolute Gasteiger partial charge is 0.378 e. The summed E-state index contributed by atoms with van der Waals surface area (Å²) in [6.07, 6.45) is 4.10. The van der Waals surface area contributed by atoms with Crippen molar-refractivity contribution < 1.29 is 9.53 Å². The van der Waals surface area contributed by atoms with Crippen molar-refractivity contribution in [3.05, 3.63) is 47.8 Å². The molecule has 2 saturated heterocycles. The van der Waals surface area contributed by atoms with Gasteiger partial charge in [0, 0.05) is 80.6 Å². The van der Waals surface area contributed by atoms with Gasteiger partial charge in [0.2, 0.25) is 11.9 Å². The van der Waals surface area contributed by atoms with E-state index >= 15 is 0 Å². The van der Waals surface area contributed by atoms with Crippen LogP contribution in [0.25, 0.3) is 11.3 Å². The molecule has 3 N–H and O–H groups in total. The van der Waals surface area contributed by atoms with Crippen LogP contribution in [0.1, 0.15) is 22.8 Å². The summed E-state index contributed by atoms with van der Waals surface area (Å²) >= 11 is 5.89. The number of nitrogens with two attached hydrogens (primary N) is 1. The van der Waals surface area contributed by atoms with Crippen molar-refractivity contribution in [2.24, 2.45) is 0 Å². The molecular weight excluding hydrogens is 540 g/mol. The lowest BCUT2D eigenvalue weighted by molar-refractivity contribution is 0.0643. The minimum atomic E-state index is 0.0418. The fraction of sp³-hybridized carbons (Fsp3) is 0.429. The number of carbonyl (C=O) groups is 1. The van der Waals surface area contributed by atoms with Gasteiger partial charge < -0.3 is 35.4 Å². The topological polar surface area (TPSA) is 129 Å². The summed E-state index contributed by atoms with van der Waals surface area (Å²) < 4.78 is 5.54. The summed E-state index contributed by atoms with van der Waals surface area (Å²) in [7, 11) is 0. The van der Waals surface area contributed by atoms with Crippen molar-refractivity contribution in [3.63, 3.8) is 0 Å². The number of nitrogens with zero attached hydrogens (tertiary/aromatic N) is 8. The molecular formula is C28H34N10O2S. The number of thiocarbonyl (C=S) groups is 1. The van der Waals surface area contributed by atoms with E-state index in [1.54, 1.807) is 12.4 Å². The molecule has 0 unspecified atom stereocenters. The maximum Gasteiger partial charge on any atom is 0.254 e. The number of carbonyl (C=O) groups excluding carboxylic acids is 1. The molecule has 2 aromatic heterocycles. The number of nitrogen functional groups attached to an aromatic ring is 1. The third-order valence-electron chi connectivity index (χ3n) is 7.77. The molecule has 0 bridgehead atoms. The first-order chi connectivity index (χ1) is 20.0. The zero-order valence-electron chi connectivity index (χ0n) is 23.1. The van der Waals surface area contributed by atoms with Crippen molar-refractivity contribution in [2.45, 2.75) is 13.3 Å².